The van der Waals surface area contributed by atoms with Crippen LogP contribution < -0.4 is 10.6 Å². The van der Waals surface area contributed by atoms with Crippen molar-refractivity contribution in [2.24, 2.45) is 0 Å². The van der Waals surface area contributed by atoms with E-state index >= 15 is 0 Å². The molecule has 0 spiro atoms. The topological polar surface area (TPSA) is 83.3 Å². The lowest BCUT2D eigenvalue weighted by atomic mass is 10.2. The molecule has 0 radical (unpaired) electrons. The van der Waals surface area contributed by atoms with E-state index in [1.807, 2.05) is 37.0 Å². The van der Waals surface area contributed by atoms with E-state index in [1.165, 1.54) is 12.8 Å². The van der Waals surface area contributed by atoms with Crippen LogP contribution in [0.3, 0.4) is 0 Å². The maximum atomic E-state index is 4.63. The summed E-state index contributed by atoms with van der Waals surface area (Å²) in [5.41, 5.74) is 4.28. The van der Waals surface area contributed by atoms with Crippen molar-refractivity contribution >= 4 is 22.7 Å². The highest BCUT2D eigenvalue weighted by molar-refractivity contribution is 5.77. The molecule has 4 rings (SSSR count). The minimum Gasteiger partial charge on any atom is -0.393 e. The third-order valence-corrected chi connectivity index (χ3v) is 4.96. The SMILES string of the molecule is C=C/C(=C\NC)c1cnc2c(Nc3cnc(CN4CCCC4)nc3)nc(C)cn12. The molecular weight excluding hydrogens is 364 g/mol. The van der Waals surface area contributed by atoms with Crippen molar-refractivity contribution in [3.8, 4) is 0 Å². The van der Waals surface area contributed by atoms with Gasteiger partial charge in [0.25, 0.3) is 0 Å². The maximum absolute atomic E-state index is 4.63. The largest absolute Gasteiger partial charge is 0.393 e. The molecule has 0 aromatic carbocycles. The first-order valence-corrected chi connectivity index (χ1v) is 9.83. The number of nitrogens with zero attached hydrogens (tertiary/aromatic N) is 6. The summed E-state index contributed by atoms with van der Waals surface area (Å²) in [6.07, 6.45) is 13.6. The van der Waals surface area contributed by atoms with Gasteiger partial charge in [0.15, 0.2) is 11.5 Å². The van der Waals surface area contributed by atoms with E-state index in [9.17, 15) is 0 Å². The first-order chi connectivity index (χ1) is 14.2. The fraction of sp³-hybridized carbons (Fsp3) is 0.333. The Kier molecular flexibility index (Phi) is 5.53. The number of allylic oxidation sites excluding steroid dienone is 2. The number of nitrogens with one attached hydrogen (secondary N) is 2. The lowest BCUT2D eigenvalue weighted by Gasteiger charge is -2.13. The fourth-order valence-electron chi connectivity index (χ4n) is 3.58. The molecule has 0 unspecified atom stereocenters. The summed E-state index contributed by atoms with van der Waals surface area (Å²) < 4.78 is 2.01. The van der Waals surface area contributed by atoms with Gasteiger partial charge in [0.1, 0.15) is 5.82 Å². The van der Waals surface area contributed by atoms with Gasteiger partial charge in [-0.15, -0.1) is 0 Å². The number of anilines is 2. The molecule has 0 atom stereocenters. The number of hydrogen-bond donors (Lipinski definition) is 2. The number of hydrogen-bond acceptors (Lipinski definition) is 7. The number of aryl methyl sites for hydroxylation is 1. The fourth-order valence-corrected chi connectivity index (χ4v) is 3.58. The summed E-state index contributed by atoms with van der Waals surface area (Å²) in [5, 5.41) is 6.36. The zero-order valence-corrected chi connectivity index (χ0v) is 16.9. The predicted octanol–water partition coefficient (Wildman–Crippen LogP) is 2.91. The Morgan fingerprint density at radius 2 is 1.93 bits per heavy atom. The van der Waals surface area contributed by atoms with Crippen molar-refractivity contribution in [2.75, 3.05) is 25.5 Å². The van der Waals surface area contributed by atoms with Crippen molar-refractivity contribution in [3.05, 3.63) is 60.9 Å². The van der Waals surface area contributed by atoms with Crippen LogP contribution in [0.1, 0.15) is 30.1 Å². The minimum atomic E-state index is 0.667. The standard InChI is InChI=1S/C21H26N8/c1-4-16(9-22-3)18-12-25-21-20(26-15(2)13-29(18)21)27-17-10-23-19(24-11-17)14-28-7-5-6-8-28/h4,9-13,22H,1,5-8,14H2,2-3H3,(H,26,27)/b16-9+. The molecule has 8 heteroatoms. The molecule has 8 nitrogen and oxygen atoms in total. The number of fused-ring (bicyclic) bond motifs is 1. The predicted molar refractivity (Wildman–Crippen MR) is 115 cm³/mol. The summed E-state index contributed by atoms with van der Waals surface area (Å²) in [5.74, 6) is 1.51. The summed E-state index contributed by atoms with van der Waals surface area (Å²) in [6, 6.07) is 0. The van der Waals surface area contributed by atoms with Gasteiger partial charge in [0.05, 0.1) is 42.2 Å². The Bertz CT molecular complexity index is 1030. The van der Waals surface area contributed by atoms with Crippen molar-refractivity contribution in [1.82, 2.24) is 34.6 Å². The molecule has 2 N–H and O–H groups in total. The molecule has 1 aliphatic heterocycles. The highest BCUT2D eigenvalue weighted by Crippen LogP contribution is 2.24. The van der Waals surface area contributed by atoms with E-state index in [0.29, 0.717) is 5.82 Å². The van der Waals surface area contributed by atoms with Gasteiger partial charge in [-0.1, -0.05) is 12.7 Å². The van der Waals surface area contributed by atoms with Crippen LogP contribution in [-0.4, -0.2) is 49.4 Å². The number of aromatic nitrogens is 5. The summed E-state index contributed by atoms with van der Waals surface area (Å²) in [4.78, 5) is 20.6. The van der Waals surface area contributed by atoms with Gasteiger partial charge in [-0.25, -0.2) is 19.9 Å². The zero-order chi connectivity index (χ0) is 20.2. The summed E-state index contributed by atoms with van der Waals surface area (Å²) in [6.45, 7) is 8.92. The molecule has 1 aliphatic rings. The quantitative estimate of drug-likeness (QED) is 0.600. The van der Waals surface area contributed by atoms with Crippen molar-refractivity contribution in [3.63, 3.8) is 0 Å². The lowest BCUT2D eigenvalue weighted by Crippen LogP contribution is -2.19. The molecule has 4 heterocycles. The second-order valence-electron chi connectivity index (χ2n) is 7.16. The average molecular weight is 390 g/mol. The Balaban J connectivity index is 1.60. The van der Waals surface area contributed by atoms with Crippen LogP contribution in [0, 0.1) is 6.92 Å². The first kappa shape index (κ1) is 19.1. The second kappa shape index (κ2) is 8.40. The molecule has 3 aromatic heterocycles. The molecule has 150 valence electrons. The lowest BCUT2D eigenvalue weighted by molar-refractivity contribution is 0.322. The van der Waals surface area contributed by atoms with Crippen LogP contribution in [0.15, 0.2) is 43.6 Å². The highest BCUT2D eigenvalue weighted by atomic mass is 15.2. The van der Waals surface area contributed by atoms with Gasteiger partial charge in [-0.05, 0) is 32.9 Å². The van der Waals surface area contributed by atoms with E-state index in [2.05, 4.69) is 42.0 Å². The van der Waals surface area contributed by atoms with Gasteiger partial charge >= 0.3 is 0 Å². The molecular formula is C21H26N8. The van der Waals surface area contributed by atoms with E-state index in [4.69, 9.17) is 0 Å². The van der Waals surface area contributed by atoms with E-state index < -0.39 is 0 Å². The Morgan fingerprint density at radius 3 is 2.62 bits per heavy atom. The Hall–Kier alpha value is -3.26. The summed E-state index contributed by atoms with van der Waals surface area (Å²) in [7, 11) is 1.86. The second-order valence-corrected chi connectivity index (χ2v) is 7.16. The van der Waals surface area contributed by atoms with E-state index in [0.717, 1.165) is 53.8 Å². The van der Waals surface area contributed by atoms with Gasteiger partial charge in [0.2, 0.25) is 0 Å². The minimum absolute atomic E-state index is 0.667. The van der Waals surface area contributed by atoms with Crippen molar-refractivity contribution in [1.29, 1.82) is 0 Å². The summed E-state index contributed by atoms with van der Waals surface area (Å²) >= 11 is 0. The van der Waals surface area contributed by atoms with Gasteiger partial charge in [-0.2, -0.15) is 0 Å². The van der Waals surface area contributed by atoms with Crippen molar-refractivity contribution in [2.45, 2.75) is 26.3 Å². The van der Waals surface area contributed by atoms with Crippen molar-refractivity contribution < 1.29 is 0 Å². The van der Waals surface area contributed by atoms with Crippen LogP contribution in [0.5, 0.6) is 0 Å². The molecule has 0 amide bonds. The van der Waals surface area contributed by atoms with Gasteiger partial charge in [0, 0.05) is 25.0 Å². The number of rotatable bonds is 7. The zero-order valence-electron chi connectivity index (χ0n) is 16.9. The normalized spacial score (nSPS) is 15.0. The Morgan fingerprint density at radius 1 is 1.17 bits per heavy atom. The highest BCUT2D eigenvalue weighted by Gasteiger charge is 2.14. The molecule has 1 saturated heterocycles. The number of imidazole rings is 1. The van der Waals surface area contributed by atoms with Gasteiger partial charge in [-0.3, -0.25) is 9.30 Å². The molecule has 0 saturated carbocycles. The smallest absolute Gasteiger partial charge is 0.180 e. The first-order valence-electron chi connectivity index (χ1n) is 9.83. The molecule has 0 aliphatic carbocycles. The molecule has 29 heavy (non-hydrogen) atoms. The van der Waals surface area contributed by atoms with E-state index in [1.54, 1.807) is 18.5 Å². The maximum Gasteiger partial charge on any atom is 0.180 e. The molecule has 1 fully saturated rings. The number of likely N-dealkylation sites (tertiary alicyclic amines) is 1. The Labute approximate surface area is 170 Å². The average Bonchev–Trinajstić information content (AvgIpc) is 3.37. The van der Waals surface area contributed by atoms with E-state index in [-0.39, 0.29) is 0 Å². The van der Waals surface area contributed by atoms with Crippen LogP contribution in [0.25, 0.3) is 11.2 Å². The van der Waals surface area contributed by atoms with Crippen LogP contribution in [0.4, 0.5) is 11.5 Å². The molecule has 3 aromatic rings. The van der Waals surface area contributed by atoms with Gasteiger partial charge < -0.3 is 10.6 Å². The van der Waals surface area contributed by atoms with Crippen LogP contribution >= 0.6 is 0 Å². The third-order valence-electron chi connectivity index (χ3n) is 4.96. The monoisotopic (exact) mass is 390 g/mol. The van der Waals surface area contributed by atoms with Crippen LogP contribution in [0.2, 0.25) is 0 Å². The third kappa shape index (κ3) is 4.12. The van der Waals surface area contributed by atoms with Crippen LogP contribution in [-0.2, 0) is 6.54 Å². The molecule has 0 bridgehead atoms.